The topological polar surface area (TPSA) is 66.4 Å². The molecule has 0 fully saturated rings. The highest BCUT2D eigenvalue weighted by atomic mass is 127. The van der Waals surface area contributed by atoms with Gasteiger partial charge in [0.25, 0.3) is 5.91 Å². The van der Waals surface area contributed by atoms with Gasteiger partial charge < -0.3 is 10.4 Å². The van der Waals surface area contributed by atoms with Crippen LogP contribution < -0.4 is 5.32 Å². The lowest BCUT2D eigenvalue weighted by Gasteiger charge is -2.07. The van der Waals surface area contributed by atoms with Gasteiger partial charge in [0.2, 0.25) is 0 Å². The number of aryl methyl sites for hydroxylation is 1. The summed E-state index contributed by atoms with van der Waals surface area (Å²) in [6.07, 6.45) is 0.524. The number of rotatable bonds is 5. The molecular formula is C16H14INO3. The minimum atomic E-state index is -0.830. The van der Waals surface area contributed by atoms with Gasteiger partial charge in [-0.2, -0.15) is 0 Å². The van der Waals surface area contributed by atoms with Crippen molar-refractivity contribution in [1.29, 1.82) is 0 Å². The molecule has 0 aliphatic carbocycles. The van der Waals surface area contributed by atoms with Crippen molar-refractivity contribution in [3.8, 4) is 0 Å². The van der Waals surface area contributed by atoms with Crippen LogP contribution in [0.25, 0.3) is 0 Å². The Labute approximate surface area is 136 Å². The number of hydrogen-bond donors (Lipinski definition) is 2. The van der Waals surface area contributed by atoms with E-state index in [9.17, 15) is 9.59 Å². The van der Waals surface area contributed by atoms with Crippen LogP contribution in [0.15, 0.2) is 48.5 Å². The first-order valence-electron chi connectivity index (χ1n) is 6.42. The van der Waals surface area contributed by atoms with Crippen molar-refractivity contribution in [2.45, 2.75) is 12.8 Å². The first kappa shape index (κ1) is 15.5. The molecule has 0 unspecified atom stereocenters. The van der Waals surface area contributed by atoms with Crippen LogP contribution in [0.5, 0.6) is 0 Å². The number of aliphatic carboxylic acids is 1. The van der Waals surface area contributed by atoms with Crippen molar-refractivity contribution in [1.82, 2.24) is 0 Å². The van der Waals surface area contributed by atoms with E-state index >= 15 is 0 Å². The lowest BCUT2D eigenvalue weighted by molar-refractivity contribution is -0.136. The number of anilines is 1. The molecule has 0 radical (unpaired) electrons. The number of benzene rings is 2. The minimum Gasteiger partial charge on any atom is -0.481 e. The van der Waals surface area contributed by atoms with Crippen LogP contribution in [0.3, 0.4) is 0 Å². The van der Waals surface area contributed by atoms with Crippen molar-refractivity contribution >= 4 is 40.2 Å². The SMILES string of the molecule is O=C(O)CCc1cccc(NC(=O)c2cccc(I)c2)c1. The van der Waals surface area contributed by atoms with E-state index in [0.717, 1.165) is 9.13 Å². The maximum atomic E-state index is 12.1. The van der Waals surface area contributed by atoms with Crippen LogP contribution in [0.2, 0.25) is 0 Å². The first-order valence-corrected chi connectivity index (χ1v) is 7.50. The molecule has 108 valence electrons. The molecular weight excluding hydrogens is 381 g/mol. The highest BCUT2D eigenvalue weighted by molar-refractivity contribution is 14.1. The predicted molar refractivity (Wildman–Crippen MR) is 89.5 cm³/mol. The lowest BCUT2D eigenvalue weighted by atomic mass is 10.1. The maximum absolute atomic E-state index is 12.1. The zero-order valence-corrected chi connectivity index (χ0v) is 13.3. The predicted octanol–water partition coefficient (Wildman–Crippen LogP) is 3.56. The van der Waals surface area contributed by atoms with Crippen LogP contribution in [-0.4, -0.2) is 17.0 Å². The summed E-state index contributed by atoms with van der Waals surface area (Å²) in [7, 11) is 0. The first-order chi connectivity index (χ1) is 10.0. The van der Waals surface area contributed by atoms with E-state index in [2.05, 4.69) is 27.9 Å². The maximum Gasteiger partial charge on any atom is 0.303 e. The number of hydrogen-bond acceptors (Lipinski definition) is 2. The number of carbonyl (C=O) groups excluding carboxylic acids is 1. The lowest BCUT2D eigenvalue weighted by Crippen LogP contribution is -2.12. The minimum absolute atomic E-state index is 0.0777. The Morgan fingerprint density at radius 3 is 2.57 bits per heavy atom. The van der Waals surface area contributed by atoms with Crippen molar-refractivity contribution in [3.63, 3.8) is 0 Å². The molecule has 0 aliphatic heterocycles. The fourth-order valence-electron chi connectivity index (χ4n) is 1.89. The molecule has 0 heterocycles. The zero-order chi connectivity index (χ0) is 15.2. The van der Waals surface area contributed by atoms with Gasteiger partial charge in [-0.05, 0) is 64.9 Å². The van der Waals surface area contributed by atoms with Gasteiger partial charge in [0.1, 0.15) is 0 Å². The molecule has 4 nitrogen and oxygen atoms in total. The van der Waals surface area contributed by atoms with Gasteiger partial charge in [0.15, 0.2) is 0 Å². The van der Waals surface area contributed by atoms with Crippen LogP contribution in [0, 0.1) is 3.57 Å². The van der Waals surface area contributed by atoms with Gasteiger partial charge >= 0.3 is 5.97 Å². The number of carboxylic acid groups (broad SMARTS) is 1. The van der Waals surface area contributed by atoms with E-state index in [1.165, 1.54) is 0 Å². The summed E-state index contributed by atoms with van der Waals surface area (Å²) < 4.78 is 0.996. The normalized spacial score (nSPS) is 10.1. The summed E-state index contributed by atoms with van der Waals surface area (Å²) in [5, 5.41) is 11.5. The highest BCUT2D eigenvalue weighted by Gasteiger charge is 2.07. The largest absolute Gasteiger partial charge is 0.481 e. The second-order valence-electron chi connectivity index (χ2n) is 4.56. The van der Waals surface area contributed by atoms with Crippen LogP contribution in [0.4, 0.5) is 5.69 Å². The summed E-state index contributed by atoms with van der Waals surface area (Å²) in [6.45, 7) is 0. The van der Waals surface area contributed by atoms with Gasteiger partial charge in [-0.15, -0.1) is 0 Å². The third kappa shape index (κ3) is 4.86. The van der Waals surface area contributed by atoms with E-state index < -0.39 is 5.97 Å². The standard InChI is InChI=1S/C16H14INO3/c17-13-5-2-4-12(10-13)16(21)18-14-6-1-3-11(9-14)7-8-15(19)20/h1-6,9-10H,7-8H2,(H,18,21)(H,19,20). The molecule has 0 saturated heterocycles. The van der Waals surface area contributed by atoms with Crippen LogP contribution in [0.1, 0.15) is 22.3 Å². The smallest absolute Gasteiger partial charge is 0.303 e. The fraction of sp³-hybridized carbons (Fsp3) is 0.125. The molecule has 21 heavy (non-hydrogen) atoms. The van der Waals surface area contributed by atoms with Gasteiger partial charge in [0.05, 0.1) is 0 Å². The number of amides is 1. The fourth-order valence-corrected chi connectivity index (χ4v) is 2.43. The molecule has 0 aliphatic rings. The van der Waals surface area contributed by atoms with E-state index in [1.54, 1.807) is 18.2 Å². The molecule has 0 spiro atoms. The van der Waals surface area contributed by atoms with Crippen LogP contribution in [-0.2, 0) is 11.2 Å². The third-order valence-electron chi connectivity index (χ3n) is 2.90. The number of carbonyl (C=O) groups is 2. The third-order valence-corrected chi connectivity index (χ3v) is 3.57. The molecule has 2 rings (SSSR count). The molecule has 0 atom stereocenters. The second-order valence-corrected chi connectivity index (χ2v) is 5.80. The summed E-state index contributed by atoms with van der Waals surface area (Å²) in [4.78, 5) is 22.7. The zero-order valence-electron chi connectivity index (χ0n) is 11.2. The quantitative estimate of drug-likeness (QED) is 0.761. The Morgan fingerprint density at radius 2 is 1.86 bits per heavy atom. The Hall–Kier alpha value is -1.89. The highest BCUT2D eigenvalue weighted by Crippen LogP contribution is 2.15. The average Bonchev–Trinajstić information content (AvgIpc) is 2.45. The molecule has 5 heteroatoms. The van der Waals surface area contributed by atoms with Gasteiger partial charge in [-0.1, -0.05) is 18.2 Å². The van der Waals surface area contributed by atoms with Crippen molar-refractivity contribution in [3.05, 3.63) is 63.2 Å². The summed E-state index contributed by atoms with van der Waals surface area (Å²) in [6, 6.07) is 14.6. The molecule has 2 aromatic carbocycles. The van der Waals surface area contributed by atoms with Gasteiger partial charge in [-0.25, -0.2) is 0 Å². The summed E-state index contributed by atoms with van der Waals surface area (Å²) in [5.41, 5.74) is 2.15. The monoisotopic (exact) mass is 395 g/mol. The van der Waals surface area contributed by atoms with E-state index in [0.29, 0.717) is 17.7 Å². The van der Waals surface area contributed by atoms with Crippen molar-refractivity contribution in [2.24, 2.45) is 0 Å². The molecule has 0 bridgehead atoms. The molecule has 2 N–H and O–H groups in total. The van der Waals surface area contributed by atoms with E-state index in [-0.39, 0.29) is 12.3 Å². The van der Waals surface area contributed by atoms with Gasteiger partial charge in [-0.3, -0.25) is 9.59 Å². The second kappa shape index (κ2) is 7.21. The van der Waals surface area contributed by atoms with Crippen molar-refractivity contribution < 1.29 is 14.7 Å². The number of halogens is 1. The summed E-state index contributed by atoms with van der Waals surface area (Å²) in [5.74, 6) is -1.01. The Morgan fingerprint density at radius 1 is 1.10 bits per heavy atom. The molecule has 0 saturated carbocycles. The Balaban J connectivity index is 2.07. The number of nitrogens with one attached hydrogen (secondary N) is 1. The van der Waals surface area contributed by atoms with Crippen molar-refractivity contribution in [2.75, 3.05) is 5.32 Å². The molecule has 2 aromatic rings. The number of carboxylic acids is 1. The van der Waals surface area contributed by atoms with E-state index in [4.69, 9.17) is 5.11 Å². The summed E-state index contributed by atoms with van der Waals surface area (Å²) >= 11 is 2.16. The molecule has 1 amide bonds. The van der Waals surface area contributed by atoms with Crippen LogP contribution >= 0.6 is 22.6 Å². The van der Waals surface area contributed by atoms with Gasteiger partial charge in [0, 0.05) is 21.2 Å². The Bertz CT molecular complexity index is 670. The molecule has 0 aromatic heterocycles. The van der Waals surface area contributed by atoms with E-state index in [1.807, 2.05) is 30.3 Å². The average molecular weight is 395 g/mol. The Kier molecular flexibility index (Phi) is 5.32.